The van der Waals surface area contributed by atoms with E-state index >= 15 is 0 Å². The molecule has 0 bridgehead atoms. The molecule has 0 unspecified atom stereocenters. The summed E-state index contributed by atoms with van der Waals surface area (Å²) in [5.74, 6) is 2.31. The summed E-state index contributed by atoms with van der Waals surface area (Å²) in [4.78, 5) is 17.4. The van der Waals surface area contributed by atoms with Gasteiger partial charge < -0.3 is 10.6 Å². The second-order valence-electron chi connectivity index (χ2n) is 3.00. The zero-order valence-electron chi connectivity index (χ0n) is 8.56. The quantitative estimate of drug-likeness (QED) is 0.780. The Bertz CT molecular complexity index is 380. The minimum Gasteiger partial charge on any atom is -0.375 e. The van der Waals surface area contributed by atoms with Crippen molar-refractivity contribution in [1.29, 1.82) is 0 Å². The molecule has 1 rings (SSSR count). The van der Waals surface area contributed by atoms with Crippen molar-refractivity contribution in [3.05, 3.63) is 11.1 Å². The van der Waals surface area contributed by atoms with Gasteiger partial charge in [-0.3, -0.25) is 4.79 Å². The average molecular weight is 223 g/mol. The number of carbonyl (C=O) groups is 1. The number of nitrogens with zero attached hydrogens (tertiary/aromatic N) is 2. The number of anilines is 1. The van der Waals surface area contributed by atoms with Gasteiger partial charge in [0.25, 0.3) is 5.91 Å². The van der Waals surface area contributed by atoms with E-state index in [0.29, 0.717) is 23.9 Å². The van der Waals surface area contributed by atoms with Gasteiger partial charge in [-0.2, -0.15) is 0 Å². The summed E-state index contributed by atoms with van der Waals surface area (Å²) in [5.41, 5.74) is 5.84. The van der Waals surface area contributed by atoms with Crippen LogP contribution in [0.2, 0.25) is 0 Å². The van der Waals surface area contributed by atoms with Gasteiger partial charge in [-0.05, 0) is 6.42 Å². The van der Waals surface area contributed by atoms with Gasteiger partial charge in [0, 0.05) is 11.9 Å². The van der Waals surface area contributed by atoms with Crippen molar-refractivity contribution in [3.63, 3.8) is 0 Å². The highest BCUT2D eigenvalue weighted by atomic mass is 32.1. The fourth-order valence-corrected chi connectivity index (χ4v) is 1.72. The van der Waals surface area contributed by atoms with Gasteiger partial charge in [0.15, 0.2) is 5.13 Å². The summed E-state index contributed by atoms with van der Waals surface area (Å²) in [6, 6.07) is 0. The Balaban J connectivity index is 2.76. The standard InChI is InChI=1S/C10H13N3OS/c1-3-5-13(6-4-2)9(14)8-7-15-10(11)12-8/h1,7H,4-6H2,2H3,(H2,11,12). The lowest BCUT2D eigenvalue weighted by molar-refractivity contribution is 0.0772. The van der Waals surface area contributed by atoms with E-state index in [1.807, 2.05) is 6.92 Å². The van der Waals surface area contributed by atoms with E-state index in [1.54, 1.807) is 10.3 Å². The molecule has 0 aliphatic carbocycles. The van der Waals surface area contributed by atoms with Crippen molar-refractivity contribution in [2.24, 2.45) is 0 Å². The Morgan fingerprint density at radius 1 is 1.80 bits per heavy atom. The largest absolute Gasteiger partial charge is 0.375 e. The Morgan fingerprint density at radius 3 is 3.00 bits per heavy atom. The predicted molar refractivity (Wildman–Crippen MR) is 61.6 cm³/mol. The Kier molecular flexibility index (Phi) is 4.13. The van der Waals surface area contributed by atoms with Crippen LogP contribution in [0, 0.1) is 12.3 Å². The molecule has 0 aromatic carbocycles. The summed E-state index contributed by atoms with van der Waals surface area (Å²) in [7, 11) is 0. The Labute approximate surface area is 93.1 Å². The smallest absolute Gasteiger partial charge is 0.274 e. The lowest BCUT2D eigenvalue weighted by Crippen LogP contribution is -2.32. The van der Waals surface area contributed by atoms with Gasteiger partial charge in [0.2, 0.25) is 0 Å². The van der Waals surface area contributed by atoms with Crippen molar-refractivity contribution in [3.8, 4) is 12.3 Å². The fraction of sp³-hybridized carbons (Fsp3) is 0.400. The topological polar surface area (TPSA) is 59.2 Å². The molecule has 0 saturated carbocycles. The van der Waals surface area contributed by atoms with Crippen LogP contribution in [0.1, 0.15) is 23.8 Å². The third-order valence-corrected chi connectivity index (χ3v) is 2.48. The lowest BCUT2D eigenvalue weighted by Gasteiger charge is -2.17. The zero-order valence-corrected chi connectivity index (χ0v) is 9.38. The van der Waals surface area contributed by atoms with Crippen molar-refractivity contribution in [1.82, 2.24) is 9.88 Å². The highest BCUT2D eigenvalue weighted by Crippen LogP contribution is 2.13. The molecule has 0 aliphatic rings. The number of hydrogen-bond donors (Lipinski definition) is 1. The summed E-state index contributed by atoms with van der Waals surface area (Å²) >= 11 is 1.25. The van der Waals surface area contributed by atoms with Crippen LogP contribution in [0.4, 0.5) is 5.13 Å². The van der Waals surface area contributed by atoms with Crippen molar-refractivity contribution < 1.29 is 4.79 Å². The third-order valence-electron chi connectivity index (χ3n) is 1.80. The van der Waals surface area contributed by atoms with E-state index < -0.39 is 0 Å². The van der Waals surface area contributed by atoms with E-state index in [9.17, 15) is 4.79 Å². The van der Waals surface area contributed by atoms with E-state index in [-0.39, 0.29) is 5.91 Å². The van der Waals surface area contributed by atoms with Crippen LogP contribution in [0.3, 0.4) is 0 Å². The number of nitrogens with two attached hydrogens (primary N) is 1. The molecule has 4 nitrogen and oxygen atoms in total. The molecule has 0 aliphatic heterocycles. The molecule has 1 aromatic rings. The predicted octanol–water partition coefficient (Wildman–Crippen LogP) is 1.21. The average Bonchev–Trinajstić information content (AvgIpc) is 2.63. The maximum atomic E-state index is 11.9. The number of terminal acetylenes is 1. The highest BCUT2D eigenvalue weighted by Gasteiger charge is 2.16. The van der Waals surface area contributed by atoms with Crippen molar-refractivity contribution >= 4 is 22.4 Å². The number of rotatable bonds is 4. The highest BCUT2D eigenvalue weighted by molar-refractivity contribution is 7.13. The molecule has 0 fully saturated rings. The second-order valence-corrected chi connectivity index (χ2v) is 3.89. The molecule has 1 amide bonds. The van der Waals surface area contributed by atoms with Gasteiger partial charge >= 0.3 is 0 Å². The maximum absolute atomic E-state index is 11.9. The molecule has 0 spiro atoms. The summed E-state index contributed by atoms with van der Waals surface area (Å²) in [6.07, 6.45) is 6.06. The van der Waals surface area contributed by atoms with Crippen LogP contribution >= 0.6 is 11.3 Å². The molecule has 1 aromatic heterocycles. The fourth-order valence-electron chi connectivity index (χ4n) is 1.18. The molecular weight excluding hydrogens is 210 g/mol. The van der Waals surface area contributed by atoms with E-state index in [1.165, 1.54) is 11.3 Å². The first kappa shape index (κ1) is 11.5. The third kappa shape index (κ3) is 2.96. The monoisotopic (exact) mass is 223 g/mol. The molecule has 0 radical (unpaired) electrons. The number of thiazole rings is 1. The number of nitrogen functional groups attached to an aromatic ring is 1. The minimum atomic E-state index is -0.150. The molecular formula is C10H13N3OS. The second kappa shape index (κ2) is 5.37. The maximum Gasteiger partial charge on any atom is 0.274 e. The van der Waals surface area contributed by atoms with E-state index in [4.69, 9.17) is 12.2 Å². The molecule has 15 heavy (non-hydrogen) atoms. The van der Waals surface area contributed by atoms with E-state index in [0.717, 1.165) is 6.42 Å². The van der Waals surface area contributed by atoms with Gasteiger partial charge in [-0.1, -0.05) is 12.8 Å². The number of aromatic nitrogens is 1. The van der Waals surface area contributed by atoms with Gasteiger partial charge in [-0.15, -0.1) is 17.8 Å². The molecule has 0 atom stereocenters. The van der Waals surface area contributed by atoms with Crippen LogP contribution in [0.25, 0.3) is 0 Å². The first-order valence-corrected chi connectivity index (χ1v) is 5.50. The van der Waals surface area contributed by atoms with Crippen LogP contribution in [-0.4, -0.2) is 28.9 Å². The van der Waals surface area contributed by atoms with Gasteiger partial charge in [0.05, 0.1) is 6.54 Å². The van der Waals surface area contributed by atoms with Crippen molar-refractivity contribution in [2.45, 2.75) is 13.3 Å². The normalized spacial score (nSPS) is 9.60. The number of hydrogen-bond acceptors (Lipinski definition) is 4. The molecule has 1 heterocycles. The van der Waals surface area contributed by atoms with Crippen LogP contribution in [-0.2, 0) is 0 Å². The number of carbonyl (C=O) groups excluding carboxylic acids is 1. The first-order valence-electron chi connectivity index (χ1n) is 4.62. The summed E-state index contributed by atoms with van der Waals surface area (Å²) < 4.78 is 0. The van der Waals surface area contributed by atoms with Gasteiger partial charge in [0.1, 0.15) is 5.69 Å². The number of amides is 1. The Hall–Kier alpha value is -1.54. The molecule has 5 heteroatoms. The van der Waals surface area contributed by atoms with Gasteiger partial charge in [-0.25, -0.2) is 4.98 Å². The van der Waals surface area contributed by atoms with Crippen LogP contribution < -0.4 is 5.73 Å². The lowest BCUT2D eigenvalue weighted by atomic mass is 10.3. The van der Waals surface area contributed by atoms with Crippen molar-refractivity contribution in [2.75, 3.05) is 18.8 Å². The minimum absolute atomic E-state index is 0.150. The van der Waals surface area contributed by atoms with Crippen LogP contribution in [0.15, 0.2) is 5.38 Å². The summed E-state index contributed by atoms with van der Waals surface area (Å²) in [6.45, 7) is 2.94. The SMILES string of the molecule is C#CCN(CCC)C(=O)c1csc(N)n1. The zero-order chi connectivity index (χ0) is 11.3. The van der Waals surface area contributed by atoms with Crippen LogP contribution in [0.5, 0.6) is 0 Å². The van der Waals surface area contributed by atoms with E-state index in [2.05, 4.69) is 10.9 Å². The Morgan fingerprint density at radius 2 is 2.53 bits per heavy atom. The molecule has 80 valence electrons. The first-order chi connectivity index (χ1) is 7.19. The summed E-state index contributed by atoms with van der Waals surface area (Å²) in [5, 5.41) is 2.05. The molecule has 0 saturated heterocycles. The molecule has 2 N–H and O–H groups in total.